The molecule has 0 saturated carbocycles. The predicted molar refractivity (Wildman–Crippen MR) is 110 cm³/mol. The van der Waals surface area contributed by atoms with E-state index in [0.29, 0.717) is 18.8 Å². The molecule has 170 valence electrons. The molecule has 1 fully saturated rings. The third kappa shape index (κ3) is 5.83. The average Bonchev–Trinajstić information content (AvgIpc) is 2.70. The van der Waals surface area contributed by atoms with Crippen LogP contribution in [-0.2, 0) is 14.8 Å². The number of nitrogens with zero attached hydrogens (tertiary/aromatic N) is 3. The van der Waals surface area contributed by atoms with Crippen molar-refractivity contribution < 1.29 is 26.3 Å². The zero-order chi connectivity index (χ0) is 22.8. The molecule has 2 N–H and O–H groups in total. The van der Waals surface area contributed by atoms with Crippen LogP contribution in [0.1, 0.15) is 20.8 Å². The normalized spacial score (nSPS) is 18.9. The van der Waals surface area contributed by atoms with Gasteiger partial charge in [0.2, 0.25) is 16.0 Å². The molecule has 0 aliphatic carbocycles. The summed E-state index contributed by atoms with van der Waals surface area (Å²) in [6.07, 6.45) is -1.73. The zero-order valence-electron chi connectivity index (χ0n) is 17.3. The maximum atomic E-state index is 14.5. The molecule has 12 heteroatoms. The fourth-order valence-electron chi connectivity index (χ4n) is 3.05. The molecule has 1 aliphatic rings. The van der Waals surface area contributed by atoms with Gasteiger partial charge in [-0.05, 0) is 45.0 Å². The number of hydrogen-bond acceptors (Lipinski definition) is 7. The van der Waals surface area contributed by atoms with Crippen molar-refractivity contribution in [3.8, 4) is 0 Å². The quantitative estimate of drug-likeness (QED) is 0.657. The van der Waals surface area contributed by atoms with Gasteiger partial charge in [-0.2, -0.15) is 4.98 Å². The second-order valence-electron chi connectivity index (χ2n) is 7.81. The molecule has 0 unspecified atom stereocenters. The highest BCUT2D eigenvalue weighted by Gasteiger charge is 2.34. The van der Waals surface area contributed by atoms with E-state index in [0.717, 1.165) is 6.20 Å². The first-order valence-corrected chi connectivity index (χ1v) is 11.0. The van der Waals surface area contributed by atoms with Gasteiger partial charge in [-0.3, -0.25) is 0 Å². The molecule has 1 aromatic carbocycles. The van der Waals surface area contributed by atoms with E-state index in [-0.39, 0.29) is 22.7 Å². The SMILES string of the molecule is C[C@H]1COC(C)(C)CN1c1nc(Nc2ccc(S(=O)(=O)NCC(F)F)cc2)ncc1F. The van der Waals surface area contributed by atoms with Crippen LogP contribution in [0.2, 0.25) is 0 Å². The summed E-state index contributed by atoms with van der Waals surface area (Å²) in [7, 11) is -4.05. The second-order valence-corrected chi connectivity index (χ2v) is 9.57. The Balaban J connectivity index is 1.77. The number of halogens is 3. The van der Waals surface area contributed by atoms with E-state index in [1.807, 2.05) is 30.4 Å². The molecular weight excluding hydrogens is 435 g/mol. The number of aromatic nitrogens is 2. The van der Waals surface area contributed by atoms with Crippen LogP contribution in [0.3, 0.4) is 0 Å². The monoisotopic (exact) mass is 459 g/mol. The van der Waals surface area contributed by atoms with Gasteiger partial charge in [0.25, 0.3) is 6.43 Å². The van der Waals surface area contributed by atoms with E-state index in [9.17, 15) is 21.6 Å². The maximum absolute atomic E-state index is 14.5. The minimum Gasteiger partial charge on any atom is -0.372 e. The summed E-state index contributed by atoms with van der Waals surface area (Å²) < 4.78 is 70.6. The zero-order valence-corrected chi connectivity index (χ0v) is 18.1. The molecule has 0 bridgehead atoms. The van der Waals surface area contributed by atoms with Gasteiger partial charge in [0.15, 0.2) is 11.6 Å². The number of benzene rings is 1. The molecule has 3 rings (SSSR count). The average molecular weight is 459 g/mol. The van der Waals surface area contributed by atoms with Crippen molar-refractivity contribution in [1.82, 2.24) is 14.7 Å². The van der Waals surface area contributed by atoms with Crippen LogP contribution in [0.15, 0.2) is 35.4 Å². The number of alkyl halides is 2. The van der Waals surface area contributed by atoms with E-state index < -0.39 is 34.4 Å². The number of sulfonamides is 1. The van der Waals surface area contributed by atoms with Crippen LogP contribution in [0.5, 0.6) is 0 Å². The highest BCUT2D eigenvalue weighted by molar-refractivity contribution is 7.89. The van der Waals surface area contributed by atoms with Gasteiger partial charge in [0.1, 0.15) is 0 Å². The molecular formula is C19H24F3N5O3S. The molecule has 1 saturated heterocycles. The third-order valence-electron chi connectivity index (χ3n) is 4.64. The van der Waals surface area contributed by atoms with Crippen molar-refractivity contribution in [2.75, 3.05) is 29.9 Å². The van der Waals surface area contributed by atoms with Gasteiger partial charge >= 0.3 is 0 Å². The molecule has 0 radical (unpaired) electrons. The summed E-state index contributed by atoms with van der Waals surface area (Å²) in [4.78, 5) is 9.88. The number of anilines is 3. The van der Waals surface area contributed by atoms with Crippen molar-refractivity contribution in [2.24, 2.45) is 0 Å². The Hall–Kier alpha value is -2.44. The van der Waals surface area contributed by atoms with E-state index in [1.54, 1.807) is 0 Å². The highest BCUT2D eigenvalue weighted by Crippen LogP contribution is 2.28. The van der Waals surface area contributed by atoms with E-state index in [1.165, 1.54) is 24.3 Å². The van der Waals surface area contributed by atoms with Crippen LogP contribution >= 0.6 is 0 Å². The fraction of sp³-hybridized carbons (Fsp3) is 0.474. The Morgan fingerprint density at radius 3 is 2.61 bits per heavy atom. The number of nitrogens with one attached hydrogen (secondary N) is 2. The highest BCUT2D eigenvalue weighted by atomic mass is 32.2. The predicted octanol–water partition coefficient (Wildman–Crippen LogP) is 2.91. The van der Waals surface area contributed by atoms with Crippen molar-refractivity contribution in [3.63, 3.8) is 0 Å². The molecule has 2 heterocycles. The number of morpholine rings is 1. The number of ether oxygens (including phenoxy) is 1. The lowest BCUT2D eigenvalue weighted by Crippen LogP contribution is -2.53. The van der Waals surface area contributed by atoms with Crippen LogP contribution in [0, 0.1) is 5.82 Å². The molecule has 8 nitrogen and oxygen atoms in total. The topological polar surface area (TPSA) is 96.5 Å². The summed E-state index contributed by atoms with van der Waals surface area (Å²) in [5.41, 5.74) is -0.0160. The largest absolute Gasteiger partial charge is 0.372 e. The van der Waals surface area contributed by atoms with Crippen LogP contribution in [0.25, 0.3) is 0 Å². The molecule has 31 heavy (non-hydrogen) atoms. The minimum atomic E-state index is -4.05. The number of hydrogen-bond donors (Lipinski definition) is 2. The summed E-state index contributed by atoms with van der Waals surface area (Å²) in [5.74, 6) is -0.308. The molecule has 0 spiro atoms. The smallest absolute Gasteiger partial charge is 0.251 e. The Morgan fingerprint density at radius 1 is 1.29 bits per heavy atom. The van der Waals surface area contributed by atoms with Gasteiger partial charge < -0.3 is 15.0 Å². The summed E-state index contributed by atoms with van der Waals surface area (Å²) in [5, 5.41) is 2.89. The molecule has 1 aliphatic heterocycles. The second kappa shape index (κ2) is 8.97. The Kier molecular flexibility index (Phi) is 6.72. The third-order valence-corrected chi connectivity index (χ3v) is 6.08. The Labute approximate surface area is 178 Å². The van der Waals surface area contributed by atoms with Gasteiger partial charge in [-0.25, -0.2) is 31.3 Å². The van der Waals surface area contributed by atoms with E-state index in [2.05, 4.69) is 15.3 Å². The summed E-state index contributed by atoms with van der Waals surface area (Å²) in [6, 6.07) is 5.30. The summed E-state index contributed by atoms with van der Waals surface area (Å²) in [6.45, 7) is 5.64. The van der Waals surface area contributed by atoms with Gasteiger partial charge in [0.05, 0.1) is 35.9 Å². The lowest BCUT2D eigenvalue weighted by Gasteiger charge is -2.43. The van der Waals surface area contributed by atoms with Gasteiger partial charge in [-0.15, -0.1) is 0 Å². The van der Waals surface area contributed by atoms with Gasteiger partial charge in [-0.1, -0.05) is 0 Å². The van der Waals surface area contributed by atoms with Crippen molar-refractivity contribution in [3.05, 3.63) is 36.3 Å². The first-order chi connectivity index (χ1) is 14.5. The lowest BCUT2D eigenvalue weighted by atomic mass is 10.0. The van der Waals surface area contributed by atoms with Crippen LogP contribution in [0.4, 0.5) is 30.6 Å². The van der Waals surface area contributed by atoms with Crippen LogP contribution < -0.4 is 14.9 Å². The summed E-state index contributed by atoms with van der Waals surface area (Å²) >= 11 is 0. The maximum Gasteiger partial charge on any atom is 0.251 e. The van der Waals surface area contributed by atoms with Crippen molar-refractivity contribution in [1.29, 1.82) is 0 Å². The standard InChI is InChI=1S/C19H24F3N5O3S/c1-12-10-30-19(2,3)11-27(12)17-15(20)8-23-18(26-17)25-13-4-6-14(7-5-13)31(28,29)24-9-16(21)22/h4-8,12,16,24H,9-11H2,1-3H3,(H,23,25,26)/t12-/m0/s1. The first kappa shape index (κ1) is 23.2. The Bertz CT molecular complexity index is 1020. The van der Waals surface area contributed by atoms with E-state index in [4.69, 9.17) is 4.74 Å². The molecule has 2 aromatic rings. The molecule has 1 atom stereocenters. The Morgan fingerprint density at radius 2 is 1.97 bits per heavy atom. The molecule has 0 amide bonds. The first-order valence-electron chi connectivity index (χ1n) is 9.55. The van der Waals surface area contributed by atoms with Crippen molar-refractivity contribution >= 4 is 27.5 Å². The number of rotatable bonds is 7. The van der Waals surface area contributed by atoms with Gasteiger partial charge in [0, 0.05) is 12.2 Å². The molecule has 1 aromatic heterocycles. The van der Waals surface area contributed by atoms with E-state index >= 15 is 0 Å². The fourth-order valence-corrected chi connectivity index (χ4v) is 4.06. The van der Waals surface area contributed by atoms with Crippen LogP contribution in [-0.4, -0.2) is 56.2 Å². The lowest BCUT2D eigenvalue weighted by molar-refractivity contribution is -0.0425. The minimum absolute atomic E-state index is 0.0875. The van der Waals surface area contributed by atoms with Crippen molar-refractivity contribution in [2.45, 2.75) is 43.7 Å².